The van der Waals surface area contributed by atoms with Gasteiger partial charge in [0.2, 0.25) is 0 Å². The van der Waals surface area contributed by atoms with Crippen LogP contribution >= 0.6 is 0 Å². The fourth-order valence-electron chi connectivity index (χ4n) is 4.42. The lowest BCUT2D eigenvalue weighted by Crippen LogP contribution is -2.17. The Morgan fingerprint density at radius 1 is 0.700 bits per heavy atom. The Hall–Kier alpha value is -4.97. The zero-order valence-corrected chi connectivity index (χ0v) is 22.2. The van der Waals surface area contributed by atoms with Crippen molar-refractivity contribution < 1.29 is 28.6 Å². The Kier molecular flexibility index (Phi) is 9.62. The van der Waals surface area contributed by atoms with E-state index >= 15 is 0 Å². The molecule has 0 bridgehead atoms. The summed E-state index contributed by atoms with van der Waals surface area (Å²) in [4.78, 5) is 33.9. The Morgan fingerprint density at radius 3 is 1.60 bits per heavy atom. The molecule has 1 fully saturated rings. The average molecular weight is 535 g/mol. The number of hydrogen-bond donors (Lipinski definition) is 0. The van der Waals surface area contributed by atoms with Crippen LogP contribution in [0.3, 0.4) is 0 Å². The Balaban J connectivity index is 0.000000201. The zero-order chi connectivity index (χ0) is 28.3. The fraction of sp³-hybridized carbons (Fsp3) is 0.147. The van der Waals surface area contributed by atoms with Gasteiger partial charge >= 0.3 is 11.9 Å². The van der Waals surface area contributed by atoms with Crippen LogP contribution in [0.5, 0.6) is 0 Å². The number of carbonyl (C=O) groups excluding carboxylic acids is 3. The highest BCUT2D eigenvalue weighted by Gasteiger charge is 2.32. The molecule has 6 nitrogen and oxygen atoms in total. The van der Waals surface area contributed by atoms with Crippen molar-refractivity contribution in [3.05, 3.63) is 132 Å². The second-order valence-electron chi connectivity index (χ2n) is 9.22. The lowest BCUT2D eigenvalue weighted by Gasteiger charge is -2.12. The largest absolute Gasteiger partial charge is 0.465 e. The average Bonchev–Trinajstić information content (AvgIpc) is 3.36. The summed E-state index contributed by atoms with van der Waals surface area (Å²) in [5, 5.41) is 0. The van der Waals surface area contributed by atoms with Crippen molar-refractivity contribution in [2.45, 2.75) is 25.0 Å². The molecule has 0 spiro atoms. The number of esters is 2. The van der Waals surface area contributed by atoms with Gasteiger partial charge < -0.3 is 14.2 Å². The minimum Gasteiger partial charge on any atom is -0.465 e. The number of ether oxygens (including phenoxy) is 3. The van der Waals surface area contributed by atoms with Gasteiger partial charge in [-0.05, 0) is 52.1 Å². The first-order valence-electron chi connectivity index (χ1n) is 12.9. The molecule has 0 saturated heterocycles. The lowest BCUT2D eigenvalue weighted by molar-refractivity contribution is -0.132. The number of methoxy groups -OCH3 is 1. The molecule has 4 aromatic rings. The molecule has 5 rings (SSSR count). The number of rotatable bonds is 7. The first-order chi connectivity index (χ1) is 19.5. The summed E-state index contributed by atoms with van der Waals surface area (Å²) in [6.45, 7) is 4.26. The summed E-state index contributed by atoms with van der Waals surface area (Å²) >= 11 is 0. The fourth-order valence-corrected chi connectivity index (χ4v) is 4.42. The van der Waals surface area contributed by atoms with Gasteiger partial charge in [0.25, 0.3) is 6.47 Å². The Morgan fingerprint density at radius 2 is 1.15 bits per heavy atom. The van der Waals surface area contributed by atoms with E-state index in [9.17, 15) is 14.4 Å². The summed E-state index contributed by atoms with van der Waals surface area (Å²) in [5.41, 5.74) is 6.22. The molecule has 40 heavy (non-hydrogen) atoms. The number of carbonyl (C=O) groups is 3. The smallest absolute Gasteiger partial charge is 0.338 e. The molecule has 1 aliphatic carbocycles. The molecule has 0 unspecified atom stereocenters. The van der Waals surface area contributed by atoms with Crippen LogP contribution in [0.1, 0.15) is 33.6 Å². The van der Waals surface area contributed by atoms with Crippen molar-refractivity contribution in [3.63, 3.8) is 0 Å². The molecule has 0 N–H and O–H groups in total. The van der Waals surface area contributed by atoms with Gasteiger partial charge in [0.1, 0.15) is 12.2 Å². The second kappa shape index (κ2) is 13.7. The first kappa shape index (κ1) is 28.0. The quantitative estimate of drug-likeness (QED) is 0.111. The molecule has 1 aliphatic rings. The standard InChI is InChI=1S/C20H18O4.C14H12O2/c1-14-11-18(12-19(14)23-13-21)24-20(22)17-9-7-16(8-10-17)15-5-3-2-4-6-15;1-16-14(15)13-9-7-12(8-10-13)11-5-3-2-4-6-11/h2-10,13,18-19H,1,11-12H2;2-10H,1H3/t18-,19-;/m1./s1. The van der Waals surface area contributed by atoms with Gasteiger partial charge in [0.15, 0.2) is 0 Å². The van der Waals surface area contributed by atoms with Crippen LogP contribution in [-0.2, 0) is 19.0 Å². The Labute approximate surface area is 233 Å². The van der Waals surface area contributed by atoms with E-state index in [2.05, 4.69) is 11.3 Å². The summed E-state index contributed by atoms with van der Waals surface area (Å²) in [6.07, 6.45) is 0.321. The normalized spacial score (nSPS) is 15.8. The van der Waals surface area contributed by atoms with Crippen LogP contribution < -0.4 is 0 Å². The van der Waals surface area contributed by atoms with Gasteiger partial charge in [-0.25, -0.2) is 9.59 Å². The minimum atomic E-state index is -0.376. The molecule has 1 saturated carbocycles. The van der Waals surface area contributed by atoms with Crippen molar-refractivity contribution >= 4 is 18.4 Å². The van der Waals surface area contributed by atoms with Crippen LogP contribution in [-0.4, -0.2) is 37.7 Å². The maximum Gasteiger partial charge on any atom is 0.338 e. The molecule has 0 heterocycles. The highest BCUT2D eigenvalue weighted by molar-refractivity contribution is 5.90. The maximum atomic E-state index is 12.3. The van der Waals surface area contributed by atoms with Gasteiger partial charge in [-0.2, -0.15) is 0 Å². The van der Waals surface area contributed by atoms with Crippen molar-refractivity contribution in [3.8, 4) is 22.3 Å². The van der Waals surface area contributed by atoms with Crippen molar-refractivity contribution in [2.24, 2.45) is 0 Å². The molecule has 0 aromatic heterocycles. The van der Waals surface area contributed by atoms with Crippen LogP contribution in [0.4, 0.5) is 0 Å². The molecule has 202 valence electrons. The molecule has 4 aromatic carbocycles. The molecule has 0 amide bonds. The summed E-state index contributed by atoms with van der Waals surface area (Å²) in [5.74, 6) is -0.682. The van der Waals surface area contributed by atoms with Gasteiger partial charge in [-0.15, -0.1) is 0 Å². The van der Waals surface area contributed by atoms with Gasteiger partial charge in [0, 0.05) is 12.8 Å². The first-order valence-corrected chi connectivity index (χ1v) is 12.9. The molecular formula is C34H30O6. The topological polar surface area (TPSA) is 78.9 Å². The van der Waals surface area contributed by atoms with Crippen LogP contribution in [0.15, 0.2) is 121 Å². The molecular weight excluding hydrogens is 504 g/mol. The highest BCUT2D eigenvalue weighted by atomic mass is 16.6. The van der Waals surface area contributed by atoms with Gasteiger partial charge in [-0.3, -0.25) is 4.79 Å². The molecule has 2 atom stereocenters. The van der Waals surface area contributed by atoms with Crippen LogP contribution in [0.2, 0.25) is 0 Å². The minimum absolute atomic E-state index is 0.302. The molecule has 6 heteroatoms. The van der Waals surface area contributed by atoms with Gasteiger partial charge in [0.05, 0.1) is 18.2 Å². The van der Waals surface area contributed by atoms with Crippen molar-refractivity contribution in [1.29, 1.82) is 0 Å². The highest BCUT2D eigenvalue weighted by Crippen LogP contribution is 2.29. The summed E-state index contributed by atoms with van der Waals surface area (Å²) in [7, 11) is 1.38. The second-order valence-corrected chi connectivity index (χ2v) is 9.22. The summed E-state index contributed by atoms with van der Waals surface area (Å²) in [6, 6.07) is 34.7. The monoisotopic (exact) mass is 534 g/mol. The Bertz CT molecular complexity index is 1430. The van der Waals surface area contributed by atoms with E-state index in [0.29, 0.717) is 30.4 Å². The van der Waals surface area contributed by atoms with Crippen molar-refractivity contribution in [2.75, 3.05) is 7.11 Å². The third kappa shape index (κ3) is 7.32. The predicted molar refractivity (Wildman–Crippen MR) is 154 cm³/mol. The van der Waals surface area contributed by atoms with Crippen LogP contribution in [0, 0.1) is 0 Å². The van der Waals surface area contributed by atoms with Gasteiger partial charge in [-0.1, -0.05) is 91.5 Å². The van der Waals surface area contributed by atoms with E-state index in [1.54, 1.807) is 24.3 Å². The van der Waals surface area contributed by atoms with E-state index in [1.807, 2.05) is 84.9 Å². The maximum absolute atomic E-state index is 12.3. The van der Waals surface area contributed by atoms with E-state index in [-0.39, 0.29) is 24.1 Å². The van der Waals surface area contributed by atoms with E-state index in [4.69, 9.17) is 9.47 Å². The van der Waals surface area contributed by atoms with E-state index in [0.717, 1.165) is 27.8 Å². The predicted octanol–water partition coefficient (Wildman–Crippen LogP) is 6.91. The lowest BCUT2D eigenvalue weighted by atomic mass is 10.0. The molecule has 0 aliphatic heterocycles. The zero-order valence-electron chi connectivity index (χ0n) is 22.2. The number of benzene rings is 4. The SMILES string of the molecule is C=C1C[C@@H](OC(=O)c2ccc(-c3ccccc3)cc2)C[C@H]1OC=O.COC(=O)c1ccc(-c2ccccc2)cc1. The third-order valence-electron chi connectivity index (χ3n) is 6.56. The van der Waals surface area contributed by atoms with E-state index < -0.39 is 0 Å². The molecule has 0 radical (unpaired) electrons. The van der Waals surface area contributed by atoms with Crippen molar-refractivity contribution in [1.82, 2.24) is 0 Å². The number of hydrogen-bond acceptors (Lipinski definition) is 6. The third-order valence-corrected chi connectivity index (χ3v) is 6.56. The van der Waals surface area contributed by atoms with Crippen LogP contribution in [0.25, 0.3) is 22.3 Å². The van der Waals surface area contributed by atoms with E-state index in [1.165, 1.54) is 7.11 Å². The summed E-state index contributed by atoms with van der Waals surface area (Å²) < 4.78 is 15.1.